The molecule has 1 atom stereocenters. The van der Waals surface area contributed by atoms with Crippen LogP contribution in [0.2, 0.25) is 0 Å². The van der Waals surface area contributed by atoms with E-state index in [2.05, 4.69) is 11.6 Å². The molecule has 1 aromatic heterocycles. The second kappa shape index (κ2) is 10.0. The molecule has 1 fully saturated rings. The fraction of sp³-hybridized carbons (Fsp3) is 0.148. The van der Waals surface area contributed by atoms with Gasteiger partial charge in [0, 0.05) is 24.5 Å². The third kappa shape index (κ3) is 4.54. The number of nitrogens with zero attached hydrogens (tertiary/aromatic N) is 2. The van der Waals surface area contributed by atoms with E-state index in [4.69, 9.17) is 9.47 Å². The Balaban J connectivity index is 1.83. The molecular weight excluding hydrogens is 432 g/mol. The van der Waals surface area contributed by atoms with E-state index in [1.807, 2.05) is 6.07 Å². The van der Waals surface area contributed by atoms with Crippen LogP contribution in [0.4, 0.5) is 0 Å². The number of carbonyl (C=O) groups excluding carboxylic acids is 2. The van der Waals surface area contributed by atoms with E-state index in [0.717, 1.165) is 5.56 Å². The van der Waals surface area contributed by atoms with Crippen LogP contribution >= 0.6 is 0 Å². The van der Waals surface area contributed by atoms with Gasteiger partial charge in [-0.3, -0.25) is 14.6 Å². The fourth-order valence-electron chi connectivity index (χ4n) is 3.91. The second-order valence-electron chi connectivity index (χ2n) is 7.69. The van der Waals surface area contributed by atoms with Gasteiger partial charge in [0.1, 0.15) is 23.9 Å². The first kappa shape index (κ1) is 22.8. The summed E-state index contributed by atoms with van der Waals surface area (Å²) in [6.07, 6.45) is 4.91. The van der Waals surface area contributed by atoms with Crippen LogP contribution in [0.5, 0.6) is 11.5 Å². The minimum Gasteiger partial charge on any atom is -0.507 e. The average Bonchev–Trinajstić information content (AvgIpc) is 3.13. The molecule has 0 radical (unpaired) electrons. The largest absolute Gasteiger partial charge is 0.507 e. The first-order valence-electron chi connectivity index (χ1n) is 10.7. The lowest BCUT2D eigenvalue weighted by Crippen LogP contribution is -2.29. The first-order valence-corrected chi connectivity index (χ1v) is 10.7. The van der Waals surface area contributed by atoms with Crippen molar-refractivity contribution in [1.29, 1.82) is 0 Å². The molecule has 0 spiro atoms. The van der Waals surface area contributed by atoms with Gasteiger partial charge in [0.25, 0.3) is 11.7 Å². The van der Waals surface area contributed by atoms with Crippen molar-refractivity contribution < 1.29 is 24.2 Å². The lowest BCUT2D eigenvalue weighted by atomic mass is 9.95. The number of aliphatic hydroxyl groups is 1. The molecule has 7 nitrogen and oxygen atoms in total. The molecular formula is C27H24N2O5. The van der Waals surface area contributed by atoms with Crippen molar-refractivity contribution in [3.63, 3.8) is 0 Å². The standard InChI is InChI=1S/C27H24N2O5/c1-3-14-34-22-8-4-7-20(15-22)24-23(25(30)19-9-11-21(33-2)12-10-19)26(31)27(32)29(24)17-18-6-5-13-28-16-18/h3-13,15-16,24,30H,1,14,17H2,2H3/t24-/m1/s1. The molecule has 3 aromatic rings. The third-order valence-corrected chi connectivity index (χ3v) is 5.52. The number of likely N-dealkylation sites (tertiary alicyclic amines) is 1. The predicted octanol–water partition coefficient (Wildman–Crippen LogP) is 4.28. The molecule has 1 amide bonds. The zero-order valence-corrected chi connectivity index (χ0v) is 18.7. The second-order valence-corrected chi connectivity index (χ2v) is 7.69. The highest BCUT2D eigenvalue weighted by molar-refractivity contribution is 6.46. The number of aliphatic hydroxyl groups excluding tert-OH is 1. The highest BCUT2D eigenvalue weighted by Crippen LogP contribution is 2.41. The van der Waals surface area contributed by atoms with E-state index >= 15 is 0 Å². The molecule has 0 unspecified atom stereocenters. The summed E-state index contributed by atoms with van der Waals surface area (Å²) in [5, 5.41) is 11.2. The third-order valence-electron chi connectivity index (χ3n) is 5.52. The molecule has 0 bridgehead atoms. The highest BCUT2D eigenvalue weighted by atomic mass is 16.5. The zero-order chi connectivity index (χ0) is 24.1. The van der Waals surface area contributed by atoms with Gasteiger partial charge in [0.05, 0.1) is 18.7 Å². The van der Waals surface area contributed by atoms with Gasteiger partial charge in [-0.1, -0.05) is 30.9 Å². The van der Waals surface area contributed by atoms with E-state index in [1.165, 1.54) is 4.90 Å². The van der Waals surface area contributed by atoms with Crippen molar-refractivity contribution in [1.82, 2.24) is 9.88 Å². The minimum atomic E-state index is -0.811. The summed E-state index contributed by atoms with van der Waals surface area (Å²) in [4.78, 5) is 31.9. The number of aromatic nitrogens is 1. The van der Waals surface area contributed by atoms with Crippen molar-refractivity contribution in [3.05, 3.63) is 108 Å². The molecule has 4 rings (SSSR count). The van der Waals surface area contributed by atoms with Crippen LogP contribution in [0.25, 0.3) is 5.76 Å². The van der Waals surface area contributed by atoms with Gasteiger partial charge in [-0.15, -0.1) is 0 Å². The number of hydrogen-bond donors (Lipinski definition) is 1. The molecule has 7 heteroatoms. The lowest BCUT2D eigenvalue weighted by Gasteiger charge is -2.25. The average molecular weight is 456 g/mol. The summed E-state index contributed by atoms with van der Waals surface area (Å²) in [5.74, 6) is -0.524. The predicted molar refractivity (Wildman–Crippen MR) is 127 cm³/mol. The maximum Gasteiger partial charge on any atom is 0.295 e. The molecule has 1 N–H and O–H groups in total. The molecule has 2 heterocycles. The van der Waals surface area contributed by atoms with Gasteiger partial charge >= 0.3 is 0 Å². The summed E-state index contributed by atoms with van der Waals surface area (Å²) in [5.41, 5.74) is 1.82. The Hall–Kier alpha value is -4.39. The highest BCUT2D eigenvalue weighted by Gasteiger charge is 2.46. The van der Waals surface area contributed by atoms with Gasteiger partial charge in [-0.05, 0) is 53.6 Å². The van der Waals surface area contributed by atoms with Gasteiger partial charge in [-0.25, -0.2) is 0 Å². The Morgan fingerprint density at radius 1 is 1.12 bits per heavy atom. The molecule has 1 aliphatic heterocycles. The Bertz CT molecular complexity index is 1240. The van der Waals surface area contributed by atoms with Crippen molar-refractivity contribution in [2.24, 2.45) is 0 Å². The van der Waals surface area contributed by atoms with E-state index < -0.39 is 17.7 Å². The van der Waals surface area contributed by atoms with Gasteiger partial charge in [-0.2, -0.15) is 0 Å². The normalized spacial score (nSPS) is 17.0. The fourth-order valence-corrected chi connectivity index (χ4v) is 3.91. The van der Waals surface area contributed by atoms with E-state index in [-0.39, 0.29) is 17.9 Å². The number of benzene rings is 2. The number of methoxy groups -OCH3 is 1. The van der Waals surface area contributed by atoms with Crippen molar-refractivity contribution in [2.75, 3.05) is 13.7 Å². The molecule has 0 aliphatic carbocycles. The topological polar surface area (TPSA) is 89.0 Å². The molecule has 2 aromatic carbocycles. The van der Waals surface area contributed by atoms with Gasteiger partial charge < -0.3 is 19.5 Å². The van der Waals surface area contributed by atoms with E-state index in [9.17, 15) is 14.7 Å². The number of Topliss-reactive ketones (excluding diaryl/α,β-unsaturated/α-hetero) is 1. The van der Waals surface area contributed by atoms with Crippen LogP contribution in [0, 0.1) is 0 Å². The van der Waals surface area contributed by atoms with Crippen molar-refractivity contribution in [3.8, 4) is 11.5 Å². The Morgan fingerprint density at radius 2 is 1.91 bits per heavy atom. The maximum atomic E-state index is 13.2. The van der Waals surface area contributed by atoms with Crippen LogP contribution in [0.3, 0.4) is 0 Å². The molecule has 1 aliphatic rings. The number of pyridine rings is 1. The minimum absolute atomic E-state index is 0.0138. The number of ether oxygens (including phenoxy) is 2. The SMILES string of the molecule is C=CCOc1cccc([C@@H]2C(=C(O)c3ccc(OC)cc3)C(=O)C(=O)N2Cc2cccnc2)c1. The van der Waals surface area contributed by atoms with Crippen LogP contribution in [-0.2, 0) is 16.1 Å². The summed E-state index contributed by atoms with van der Waals surface area (Å²) in [7, 11) is 1.54. The molecule has 34 heavy (non-hydrogen) atoms. The quantitative estimate of drug-likeness (QED) is 0.236. The van der Waals surface area contributed by atoms with Crippen molar-refractivity contribution in [2.45, 2.75) is 12.6 Å². The van der Waals surface area contributed by atoms with Gasteiger partial charge in [0.2, 0.25) is 0 Å². The van der Waals surface area contributed by atoms with Crippen LogP contribution < -0.4 is 9.47 Å². The molecule has 0 saturated carbocycles. The number of hydrogen-bond acceptors (Lipinski definition) is 6. The van der Waals surface area contributed by atoms with Crippen molar-refractivity contribution >= 4 is 17.4 Å². The Morgan fingerprint density at radius 3 is 2.59 bits per heavy atom. The number of amides is 1. The number of ketones is 1. The number of rotatable bonds is 8. The zero-order valence-electron chi connectivity index (χ0n) is 18.7. The Kier molecular flexibility index (Phi) is 6.73. The van der Waals surface area contributed by atoms with Crippen LogP contribution in [0.1, 0.15) is 22.7 Å². The van der Waals surface area contributed by atoms with E-state index in [1.54, 1.807) is 80.2 Å². The van der Waals surface area contributed by atoms with E-state index in [0.29, 0.717) is 29.2 Å². The van der Waals surface area contributed by atoms with Crippen LogP contribution in [-0.4, -0.2) is 40.4 Å². The summed E-state index contributed by atoms with van der Waals surface area (Å²) < 4.78 is 10.8. The molecule has 1 saturated heterocycles. The monoisotopic (exact) mass is 456 g/mol. The summed E-state index contributed by atoms with van der Waals surface area (Å²) in [6.45, 7) is 4.12. The van der Waals surface area contributed by atoms with Crippen LogP contribution in [0.15, 0.2) is 91.3 Å². The summed E-state index contributed by atoms with van der Waals surface area (Å²) >= 11 is 0. The maximum absolute atomic E-state index is 13.2. The molecule has 172 valence electrons. The summed E-state index contributed by atoms with van der Waals surface area (Å²) in [6, 6.07) is 16.6. The smallest absolute Gasteiger partial charge is 0.295 e. The first-order chi connectivity index (χ1) is 16.5. The lowest BCUT2D eigenvalue weighted by molar-refractivity contribution is -0.140. The number of carbonyl (C=O) groups is 2. The van der Waals surface area contributed by atoms with Gasteiger partial charge in [0.15, 0.2) is 0 Å². The Labute approximate surface area is 197 Å².